The fourth-order valence-corrected chi connectivity index (χ4v) is 1.71. The Balaban J connectivity index is 4.33. The fraction of sp³-hybridized carbons (Fsp3) is 0.833. The molecule has 6 nitrogen and oxygen atoms in total. The van der Waals surface area contributed by atoms with E-state index in [9.17, 15) is 14.7 Å². The molecular weight excluding hydrogens is 240 g/mol. The normalized spacial score (nSPS) is 12.9. The minimum Gasteiger partial charge on any atom is -0.392 e. The first kappa shape index (κ1) is 16.9. The van der Waals surface area contributed by atoms with Crippen LogP contribution in [0.15, 0.2) is 0 Å². The Bertz CT molecular complexity index is 270. The summed E-state index contributed by atoms with van der Waals surface area (Å²) in [5.74, 6) is -1.35. The van der Waals surface area contributed by atoms with Crippen LogP contribution in [0.4, 0.5) is 0 Å². The summed E-state index contributed by atoms with van der Waals surface area (Å²) in [6.45, 7) is 6.85. The predicted octanol–water partition coefficient (Wildman–Crippen LogP) is 1.91. The summed E-state index contributed by atoms with van der Waals surface area (Å²) in [7, 11) is 0. The van der Waals surface area contributed by atoms with Gasteiger partial charge in [0.05, 0.1) is 11.5 Å². The summed E-state index contributed by atoms with van der Waals surface area (Å²) in [6, 6.07) is 0. The molecule has 0 heterocycles. The van der Waals surface area contributed by atoms with Crippen molar-refractivity contribution in [3.05, 3.63) is 0 Å². The lowest BCUT2D eigenvalue weighted by molar-refractivity contribution is -0.463. The van der Waals surface area contributed by atoms with E-state index in [2.05, 4.69) is 14.8 Å². The Morgan fingerprint density at radius 3 is 2.11 bits per heavy atom. The van der Waals surface area contributed by atoms with E-state index in [1.807, 2.05) is 0 Å². The highest BCUT2D eigenvalue weighted by Crippen LogP contribution is 2.32. The molecule has 1 atom stereocenters. The van der Waals surface area contributed by atoms with Crippen LogP contribution in [0.3, 0.4) is 0 Å². The van der Waals surface area contributed by atoms with Gasteiger partial charge in [-0.3, -0.25) is 9.78 Å². The van der Waals surface area contributed by atoms with Crippen molar-refractivity contribution in [2.75, 3.05) is 0 Å². The van der Waals surface area contributed by atoms with E-state index in [0.717, 1.165) is 0 Å². The SMILES string of the molecule is CCCC(=O)OOOC(=O)C(CC)(CC)C(C)O. The molecule has 1 unspecified atom stereocenters. The average Bonchev–Trinajstić information content (AvgIpc) is 2.31. The van der Waals surface area contributed by atoms with Gasteiger partial charge in [-0.2, -0.15) is 0 Å². The number of aliphatic hydroxyl groups excluding tert-OH is 1. The zero-order valence-electron chi connectivity index (χ0n) is 11.4. The fourth-order valence-electron chi connectivity index (χ4n) is 1.71. The molecule has 0 aromatic rings. The molecule has 106 valence electrons. The number of rotatable bonds is 8. The molecule has 0 aliphatic rings. The standard InChI is InChI=1S/C12H22O6/c1-5-8-10(14)16-18-17-11(15)12(6-2,7-3)9(4)13/h9,13H,5-8H2,1-4H3. The van der Waals surface area contributed by atoms with Gasteiger partial charge in [-0.25, -0.2) is 9.59 Å². The topological polar surface area (TPSA) is 82.1 Å². The van der Waals surface area contributed by atoms with Crippen LogP contribution < -0.4 is 0 Å². The Labute approximate surface area is 107 Å². The van der Waals surface area contributed by atoms with E-state index in [1.54, 1.807) is 20.8 Å². The zero-order valence-corrected chi connectivity index (χ0v) is 11.4. The van der Waals surface area contributed by atoms with E-state index in [0.29, 0.717) is 19.3 Å². The maximum atomic E-state index is 11.8. The molecule has 0 radical (unpaired) electrons. The zero-order chi connectivity index (χ0) is 14.2. The monoisotopic (exact) mass is 262 g/mol. The van der Waals surface area contributed by atoms with Gasteiger partial charge >= 0.3 is 11.9 Å². The van der Waals surface area contributed by atoms with Gasteiger partial charge in [-0.1, -0.05) is 20.8 Å². The Morgan fingerprint density at radius 1 is 1.17 bits per heavy atom. The van der Waals surface area contributed by atoms with E-state index >= 15 is 0 Å². The highest BCUT2D eigenvalue weighted by Gasteiger charge is 2.42. The summed E-state index contributed by atoms with van der Waals surface area (Å²) < 4.78 is 0. The molecule has 18 heavy (non-hydrogen) atoms. The molecule has 0 aromatic carbocycles. The summed E-state index contributed by atoms with van der Waals surface area (Å²) in [5.41, 5.74) is -1.04. The minimum atomic E-state index is -1.04. The number of hydrogen-bond acceptors (Lipinski definition) is 6. The Kier molecular flexibility index (Phi) is 7.54. The molecular formula is C12H22O6. The number of aliphatic hydroxyl groups is 1. The van der Waals surface area contributed by atoms with Crippen LogP contribution in [-0.2, 0) is 24.4 Å². The molecule has 0 fully saturated rings. The molecule has 1 N–H and O–H groups in total. The van der Waals surface area contributed by atoms with Gasteiger partial charge < -0.3 is 5.11 Å². The highest BCUT2D eigenvalue weighted by molar-refractivity contribution is 5.77. The lowest BCUT2D eigenvalue weighted by Crippen LogP contribution is -2.41. The summed E-state index contributed by atoms with van der Waals surface area (Å²) >= 11 is 0. The third kappa shape index (κ3) is 4.27. The molecule has 6 heteroatoms. The van der Waals surface area contributed by atoms with Gasteiger partial charge in [-0.15, -0.1) is 0 Å². The maximum absolute atomic E-state index is 11.8. The van der Waals surface area contributed by atoms with Gasteiger partial charge in [0.25, 0.3) is 0 Å². The van der Waals surface area contributed by atoms with Crippen LogP contribution >= 0.6 is 0 Å². The van der Waals surface area contributed by atoms with E-state index in [4.69, 9.17) is 0 Å². The van der Waals surface area contributed by atoms with Crippen molar-refractivity contribution in [1.29, 1.82) is 0 Å². The lowest BCUT2D eigenvalue weighted by Gasteiger charge is -2.30. The van der Waals surface area contributed by atoms with E-state index < -0.39 is 23.5 Å². The largest absolute Gasteiger partial charge is 0.392 e. The quantitative estimate of drug-likeness (QED) is 0.531. The third-order valence-electron chi connectivity index (χ3n) is 3.16. The predicted molar refractivity (Wildman–Crippen MR) is 62.9 cm³/mol. The van der Waals surface area contributed by atoms with Gasteiger partial charge in [0, 0.05) is 11.5 Å². The van der Waals surface area contributed by atoms with Crippen LogP contribution in [0.25, 0.3) is 0 Å². The maximum Gasteiger partial charge on any atom is 0.355 e. The minimum absolute atomic E-state index is 0.181. The number of carbonyl (C=O) groups is 2. The first-order valence-electron chi connectivity index (χ1n) is 6.21. The van der Waals surface area contributed by atoms with Gasteiger partial charge in [0.1, 0.15) is 0 Å². The van der Waals surface area contributed by atoms with Crippen molar-refractivity contribution in [3.63, 3.8) is 0 Å². The van der Waals surface area contributed by atoms with Crippen molar-refractivity contribution < 1.29 is 29.5 Å². The van der Waals surface area contributed by atoms with Crippen molar-refractivity contribution in [1.82, 2.24) is 0 Å². The molecule has 0 aliphatic carbocycles. The number of carbonyl (C=O) groups excluding carboxylic acids is 2. The molecule has 0 saturated heterocycles. The Hall–Kier alpha value is -1.14. The molecule has 0 amide bonds. The van der Waals surface area contributed by atoms with Gasteiger partial charge in [-0.05, 0) is 26.2 Å². The first-order chi connectivity index (χ1) is 8.44. The smallest absolute Gasteiger partial charge is 0.355 e. The van der Waals surface area contributed by atoms with Crippen LogP contribution in [0.5, 0.6) is 0 Å². The van der Waals surface area contributed by atoms with E-state index in [-0.39, 0.29) is 6.42 Å². The second-order valence-corrected chi connectivity index (χ2v) is 4.18. The van der Waals surface area contributed by atoms with Crippen molar-refractivity contribution in [2.24, 2.45) is 5.41 Å². The van der Waals surface area contributed by atoms with Crippen molar-refractivity contribution >= 4 is 11.9 Å². The summed E-state index contributed by atoms with van der Waals surface area (Å²) in [4.78, 5) is 31.4. The number of hydrogen-bond donors (Lipinski definition) is 1. The van der Waals surface area contributed by atoms with Crippen molar-refractivity contribution in [2.45, 2.75) is 59.5 Å². The van der Waals surface area contributed by atoms with Crippen LogP contribution in [-0.4, -0.2) is 23.1 Å². The van der Waals surface area contributed by atoms with Gasteiger partial charge in [0.15, 0.2) is 0 Å². The average molecular weight is 262 g/mol. The highest BCUT2D eigenvalue weighted by atomic mass is 17.5. The second-order valence-electron chi connectivity index (χ2n) is 4.18. The third-order valence-corrected chi connectivity index (χ3v) is 3.16. The molecule has 0 aliphatic heterocycles. The first-order valence-corrected chi connectivity index (χ1v) is 6.21. The Morgan fingerprint density at radius 2 is 1.72 bits per heavy atom. The van der Waals surface area contributed by atoms with Crippen LogP contribution in [0, 0.1) is 5.41 Å². The van der Waals surface area contributed by atoms with Crippen LogP contribution in [0.1, 0.15) is 53.4 Å². The lowest BCUT2D eigenvalue weighted by atomic mass is 9.78. The van der Waals surface area contributed by atoms with Gasteiger partial charge in [0.2, 0.25) is 0 Å². The molecule has 0 bridgehead atoms. The molecule has 0 rings (SSSR count). The summed E-state index contributed by atoms with van der Waals surface area (Å²) in [5, 5.41) is 13.8. The van der Waals surface area contributed by atoms with Crippen molar-refractivity contribution in [3.8, 4) is 0 Å². The molecule has 0 spiro atoms. The summed E-state index contributed by atoms with van der Waals surface area (Å²) in [6.07, 6.45) is 0.701. The molecule has 0 aromatic heterocycles. The van der Waals surface area contributed by atoms with Crippen LogP contribution in [0.2, 0.25) is 0 Å². The second kappa shape index (κ2) is 8.05. The van der Waals surface area contributed by atoms with E-state index in [1.165, 1.54) is 6.92 Å². The molecule has 0 saturated carbocycles.